The Morgan fingerprint density at radius 3 is 2.70 bits per heavy atom. The molecular formula is C15H19N3O2. The lowest BCUT2D eigenvalue weighted by Gasteiger charge is -2.33. The molecule has 2 aliphatic heterocycles. The first-order chi connectivity index (χ1) is 9.75. The van der Waals surface area contributed by atoms with Gasteiger partial charge in [-0.1, -0.05) is 18.2 Å². The Hall–Kier alpha value is -1.88. The highest BCUT2D eigenvalue weighted by Gasteiger charge is 2.27. The number of rotatable bonds is 2. The van der Waals surface area contributed by atoms with E-state index in [1.54, 1.807) is 4.90 Å². The SMILES string of the molecule is O=C(CN1C(=O)CCc2ccccc21)N1CCNCC1. The van der Waals surface area contributed by atoms with Gasteiger partial charge in [0, 0.05) is 38.3 Å². The third-order valence-electron chi connectivity index (χ3n) is 3.95. The van der Waals surface area contributed by atoms with Crippen molar-refractivity contribution in [1.82, 2.24) is 10.2 Å². The van der Waals surface area contributed by atoms with E-state index in [1.165, 1.54) is 0 Å². The van der Waals surface area contributed by atoms with Gasteiger partial charge < -0.3 is 15.1 Å². The van der Waals surface area contributed by atoms with Gasteiger partial charge in [0.15, 0.2) is 0 Å². The zero-order valence-corrected chi connectivity index (χ0v) is 11.5. The quantitative estimate of drug-likeness (QED) is 0.848. The third kappa shape index (κ3) is 2.54. The fourth-order valence-electron chi connectivity index (χ4n) is 2.82. The van der Waals surface area contributed by atoms with E-state index in [0.29, 0.717) is 6.42 Å². The van der Waals surface area contributed by atoms with Gasteiger partial charge in [-0.05, 0) is 18.1 Å². The Morgan fingerprint density at radius 2 is 1.90 bits per heavy atom. The molecule has 0 aromatic heterocycles. The Balaban J connectivity index is 1.76. The molecule has 3 rings (SSSR count). The van der Waals surface area contributed by atoms with Crippen molar-refractivity contribution in [1.29, 1.82) is 0 Å². The van der Waals surface area contributed by atoms with E-state index in [4.69, 9.17) is 0 Å². The number of hydrogen-bond donors (Lipinski definition) is 1. The first kappa shape index (κ1) is 13.1. The standard InChI is InChI=1S/C15H19N3O2/c19-14-6-5-12-3-1-2-4-13(12)18(14)11-15(20)17-9-7-16-8-10-17/h1-4,16H,5-11H2. The van der Waals surface area contributed by atoms with Crippen LogP contribution in [-0.2, 0) is 16.0 Å². The summed E-state index contributed by atoms with van der Waals surface area (Å²) in [5, 5.41) is 3.22. The van der Waals surface area contributed by atoms with Crippen LogP contribution in [0.1, 0.15) is 12.0 Å². The Kier molecular flexibility index (Phi) is 3.69. The van der Waals surface area contributed by atoms with E-state index < -0.39 is 0 Å². The van der Waals surface area contributed by atoms with Crippen LogP contribution < -0.4 is 10.2 Å². The number of carbonyl (C=O) groups excluding carboxylic acids is 2. The van der Waals surface area contributed by atoms with Crippen LogP contribution in [0.3, 0.4) is 0 Å². The number of fused-ring (bicyclic) bond motifs is 1. The predicted octanol–water partition coefficient (Wildman–Crippen LogP) is 0.398. The lowest BCUT2D eigenvalue weighted by atomic mass is 10.0. The Morgan fingerprint density at radius 1 is 1.15 bits per heavy atom. The summed E-state index contributed by atoms with van der Waals surface area (Å²) >= 11 is 0. The van der Waals surface area contributed by atoms with Crippen molar-refractivity contribution in [2.24, 2.45) is 0 Å². The number of nitrogens with one attached hydrogen (secondary N) is 1. The summed E-state index contributed by atoms with van der Waals surface area (Å²) < 4.78 is 0. The molecule has 0 saturated carbocycles. The molecule has 5 nitrogen and oxygen atoms in total. The van der Waals surface area contributed by atoms with Crippen LogP contribution in [0.25, 0.3) is 0 Å². The smallest absolute Gasteiger partial charge is 0.242 e. The monoisotopic (exact) mass is 273 g/mol. The molecule has 1 fully saturated rings. The summed E-state index contributed by atoms with van der Waals surface area (Å²) in [6.07, 6.45) is 1.26. The molecule has 2 aliphatic rings. The van der Waals surface area contributed by atoms with Gasteiger partial charge in [0.1, 0.15) is 6.54 Å². The van der Waals surface area contributed by atoms with Crippen molar-refractivity contribution in [3.05, 3.63) is 29.8 Å². The summed E-state index contributed by atoms with van der Waals surface area (Å²) in [6, 6.07) is 7.85. The summed E-state index contributed by atoms with van der Waals surface area (Å²) in [5.74, 6) is 0.0868. The van der Waals surface area contributed by atoms with Crippen molar-refractivity contribution in [3.8, 4) is 0 Å². The zero-order valence-electron chi connectivity index (χ0n) is 11.5. The number of carbonyl (C=O) groups is 2. The van der Waals surface area contributed by atoms with Crippen LogP contribution in [0.5, 0.6) is 0 Å². The number of aryl methyl sites for hydroxylation is 1. The number of anilines is 1. The lowest BCUT2D eigenvalue weighted by Crippen LogP contribution is -2.51. The second kappa shape index (κ2) is 5.63. The molecule has 0 spiro atoms. The van der Waals surface area contributed by atoms with Gasteiger partial charge in [0.25, 0.3) is 0 Å². The van der Waals surface area contributed by atoms with Crippen LogP contribution in [0, 0.1) is 0 Å². The molecule has 0 unspecified atom stereocenters. The summed E-state index contributed by atoms with van der Waals surface area (Å²) in [5.41, 5.74) is 2.05. The fourth-order valence-corrected chi connectivity index (χ4v) is 2.82. The van der Waals surface area contributed by atoms with E-state index in [2.05, 4.69) is 5.32 Å². The fraction of sp³-hybridized carbons (Fsp3) is 0.467. The van der Waals surface area contributed by atoms with Crippen molar-refractivity contribution in [2.45, 2.75) is 12.8 Å². The molecule has 2 amide bonds. The predicted molar refractivity (Wildman–Crippen MR) is 76.6 cm³/mol. The van der Waals surface area contributed by atoms with E-state index in [-0.39, 0.29) is 18.4 Å². The Labute approximate surface area is 118 Å². The van der Waals surface area contributed by atoms with E-state index in [0.717, 1.165) is 43.9 Å². The van der Waals surface area contributed by atoms with Gasteiger partial charge in [-0.3, -0.25) is 9.59 Å². The molecule has 2 heterocycles. The molecule has 1 saturated heterocycles. The number of amides is 2. The minimum Gasteiger partial charge on any atom is -0.339 e. The van der Waals surface area contributed by atoms with Crippen molar-refractivity contribution < 1.29 is 9.59 Å². The summed E-state index contributed by atoms with van der Waals surface area (Å²) in [6.45, 7) is 3.27. The molecule has 106 valence electrons. The molecule has 5 heteroatoms. The highest BCUT2D eigenvalue weighted by molar-refractivity contribution is 6.01. The van der Waals surface area contributed by atoms with E-state index >= 15 is 0 Å². The lowest BCUT2D eigenvalue weighted by molar-refractivity contribution is -0.132. The molecule has 20 heavy (non-hydrogen) atoms. The molecular weight excluding hydrogens is 254 g/mol. The Bertz CT molecular complexity index is 524. The molecule has 0 aliphatic carbocycles. The van der Waals surface area contributed by atoms with Crippen LogP contribution in [0.2, 0.25) is 0 Å². The van der Waals surface area contributed by atoms with Crippen molar-refractivity contribution >= 4 is 17.5 Å². The minimum atomic E-state index is 0.0385. The molecule has 0 bridgehead atoms. The largest absolute Gasteiger partial charge is 0.339 e. The topological polar surface area (TPSA) is 52.7 Å². The van der Waals surface area contributed by atoms with Gasteiger partial charge in [-0.15, -0.1) is 0 Å². The van der Waals surface area contributed by atoms with Crippen molar-refractivity contribution in [3.63, 3.8) is 0 Å². The number of piperazine rings is 1. The molecule has 1 aromatic rings. The molecule has 0 radical (unpaired) electrons. The third-order valence-corrected chi connectivity index (χ3v) is 3.95. The molecule has 0 atom stereocenters. The highest BCUT2D eigenvalue weighted by Crippen LogP contribution is 2.27. The van der Waals surface area contributed by atoms with Crippen LogP contribution in [0.15, 0.2) is 24.3 Å². The average Bonchev–Trinajstić information content (AvgIpc) is 2.51. The maximum absolute atomic E-state index is 12.3. The van der Waals surface area contributed by atoms with Crippen molar-refractivity contribution in [2.75, 3.05) is 37.6 Å². The number of benzene rings is 1. The van der Waals surface area contributed by atoms with Crippen LogP contribution >= 0.6 is 0 Å². The molecule has 1 N–H and O–H groups in total. The minimum absolute atomic E-state index is 0.0385. The number of hydrogen-bond acceptors (Lipinski definition) is 3. The number of para-hydroxylation sites is 1. The van der Waals surface area contributed by atoms with Gasteiger partial charge >= 0.3 is 0 Å². The van der Waals surface area contributed by atoms with Gasteiger partial charge in [0.2, 0.25) is 11.8 Å². The average molecular weight is 273 g/mol. The highest BCUT2D eigenvalue weighted by atomic mass is 16.2. The van der Waals surface area contributed by atoms with Gasteiger partial charge in [-0.2, -0.15) is 0 Å². The van der Waals surface area contributed by atoms with Crippen LogP contribution in [0.4, 0.5) is 5.69 Å². The van der Waals surface area contributed by atoms with E-state index in [9.17, 15) is 9.59 Å². The second-order valence-corrected chi connectivity index (χ2v) is 5.24. The second-order valence-electron chi connectivity index (χ2n) is 5.24. The van der Waals surface area contributed by atoms with Crippen LogP contribution in [-0.4, -0.2) is 49.4 Å². The van der Waals surface area contributed by atoms with Gasteiger partial charge in [0.05, 0.1) is 0 Å². The summed E-state index contributed by atoms with van der Waals surface area (Å²) in [7, 11) is 0. The normalized spacial score (nSPS) is 18.9. The molecule has 1 aromatic carbocycles. The summed E-state index contributed by atoms with van der Waals surface area (Å²) in [4.78, 5) is 27.9. The zero-order chi connectivity index (χ0) is 13.9. The maximum Gasteiger partial charge on any atom is 0.242 e. The van der Waals surface area contributed by atoms with E-state index in [1.807, 2.05) is 29.2 Å². The number of nitrogens with zero attached hydrogens (tertiary/aromatic N) is 2. The maximum atomic E-state index is 12.3. The first-order valence-corrected chi connectivity index (χ1v) is 7.12. The van der Waals surface area contributed by atoms with Gasteiger partial charge in [-0.25, -0.2) is 0 Å². The first-order valence-electron chi connectivity index (χ1n) is 7.12.